The zero-order chi connectivity index (χ0) is 21.9. The summed E-state index contributed by atoms with van der Waals surface area (Å²) in [6.07, 6.45) is 0. The molecule has 0 aliphatic carbocycles. The number of hydrogen-bond acceptors (Lipinski definition) is 4. The molecule has 0 atom stereocenters. The molecule has 0 saturated carbocycles. The van der Waals surface area contributed by atoms with Gasteiger partial charge in [-0.15, -0.1) is 0 Å². The smallest absolute Gasteiger partial charge is 0.262 e. The number of H-pyrrole nitrogens is 1. The van der Waals surface area contributed by atoms with Gasteiger partial charge in [-0.25, -0.2) is 4.98 Å². The summed E-state index contributed by atoms with van der Waals surface area (Å²) in [6, 6.07) is 28.0. The van der Waals surface area contributed by atoms with Crippen molar-refractivity contribution in [2.75, 3.05) is 11.9 Å². The molecule has 0 spiro atoms. The maximum Gasteiger partial charge on any atom is 0.262 e. The maximum absolute atomic E-state index is 12.3. The van der Waals surface area contributed by atoms with Gasteiger partial charge in [-0.05, 0) is 59.3 Å². The van der Waals surface area contributed by atoms with Crippen molar-refractivity contribution in [1.82, 2.24) is 9.97 Å². The number of aromatic nitrogens is 2. The Morgan fingerprint density at radius 2 is 1.62 bits per heavy atom. The summed E-state index contributed by atoms with van der Waals surface area (Å²) in [5.41, 5.74) is 1.92. The third-order valence-electron chi connectivity index (χ3n) is 5.14. The highest BCUT2D eigenvalue weighted by Gasteiger charge is 2.08. The minimum Gasteiger partial charge on any atom is -0.484 e. The number of carbonyl (C=O) groups excluding carboxylic acids is 1. The molecule has 0 unspecified atom stereocenters. The highest BCUT2D eigenvalue weighted by atomic mass is 16.5. The molecule has 5 rings (SSSR count). The summed E-state index contributed by atoms with van der Waals surface area (Å²) in [7, 11) is 0. The number of aromatic amines is 1. The van der Waals surface area contributed by atoms with E-state index in [4.69, 9.17) is 4.74 Å². The van der Waals surface area contributed by atoms with Gasteiger partial charge in [0.25, 0.3) is 11.5 Å². The van der Waals surface area contributed by atoms with Gasteiger partial charge in [-0.2, -0.15) is 0 Å². The molecule has 156 valence electrons. The fraction of sp³-hybridized carbons (Fsp3) is 0.0385. The van der Waals surface area contributed by atoms with Crippen molar-refractivity contribution in [3.8, 4) is 17.1 Å². The van der Waals surface area contributed by atoms with Crippen LogP contribution in [0.25, 0.3) is 33.1 Å². The lowest BCUT2D eigenvalue weighted by Gasteiger charge is -2.09. The van der Waals surface area contributed by atoms with Crippen LogP contribution in [0.5, 0.6) is 5.75 Å². The first-order valence-electron chi connectivity index (χ1n) is 10.2. The Kier molecular flexibility index (Phi) is 5.09. The quantitative estimate of drug-likeness (QED) is 0.429. The second-order valence-electron chi connectivity index (χ2n) is 7.35. The molecular weight excluding hydrogens is 402 g/mol. The molecule has 32 heavy (non-hydrogen) atoms. The Morgan fingerprint density at radius 3 is 2.47 bits per heavy atom. The molecule has 0 aliphatic rings. The van der Waals surface area contributed by atoms with E-state index in [-0.39, 0.29) is 18.1 Å². The van der Waals surface area contributed by atoms with E-state index < -0.39 is 0 Å². The van der Waals surface area contributed by atoms with Crippen LogP contribution in [0.2, 0.25) is 0 Å². The molecular formula is C26H19N3O3. The van der Waals surface area contributed by atoms with E-state index in [1.54, 1.807) is 42.5 Å². The molecule has 2 N–H and O–H groups in total. The zero-order valence-electron chi connectivity index (χ0n) is 17.0. The second kappa shape index (κ2) is 8.35. The fourth-order valence-electron chi connectivity index (χ4n) is 3.55. The van der Waals surface area contributed by atoms with Gasteiger partial charge >= 0.3 is 0 Å². The molecule has 1 heterocycles. The van der Waals surface area contributed by atoms with E-state index in [9.17, 15) is 9.59 Å². The molecule has 4 aromatic carbocycles. The number of amides is 1. The summed E-state index contributed by atoms with van der Waals surface area (Å²) in [5.74, 6) is 0.782. The molecule has 0 aliphatic heterocycles. The number of nitrogens with one attached hydrogen (secondary N) is 2. The van der Waals surface area contributed by atoms with Crippen LogP contribution >= 0.6 is 0 Å². The van der Waals surface area contributed by atoms with E-state index in [1.165, 1.54) is 0 Å². The number of carbonyl (C=O) groups is 1. The van der Waals surface area contributed by atoms with Gasteiger partial charge in [0.15, 0.2) is 6.61 Å². The first kappa shape index (κ1) is 19.5. The van der Waals surface area contributed by atoms with Crippen LogP contribution in [0.3, 0.4) is 0 Å². The normalized spacial score (nSPS) is 10.9. The van der Waals surface area contributed by atoms with Crippen LogP contribution in [0, 0.1) is 0 Å². The highest BCUT2D eigenvalue weighted by molar-refractivity contribution is 5.95. The highest BCUT2D eigenvalue weighted by Crippen LogP contribution is 2.21. The Bertz CT molecular complexity index is 1490. The number of para-hydroxylation sites is 1. The third-order valence-corrected chi connectivity index (χ3v) is 5.14. The lowest BCUT2D eigenvalue weighted by molar-refractivity contribution is -0.118. The largest absolute Gasteiger partial charge is 0.484 e. The summed E-state index contributed by atoms with van der Waals surface area (Å²) >= 11 is 0. The third kappa shape index (κ3) is 4.06. The predicted octanol–water partition coefficient (Wildman–Crippen LogP) is 4.76. The summed E-state index contributed by atoms with van der Waals surface area (Å²) in [6.45, 7) is -0.114. The van der Waals surface area contributed by atoms with Crippen LogP contribution < -0.4 is 15.6 Å². The Hall–Kier alpha value is -4.45. The zero-order valence-corrected chi connectivity index (χ0v) is 17.0. The van der Waals surface area contributed by atoms with Crippen molar-refractivity contribution in [3.63, 3.8) is 0 Å². The molecule has 5 aromatic rings. The van der Waals surface area contributed by atoms with Crippen molar-refractivity contribution >= 4 is 33.3 Å². The molecule has 0 fully saturated rings. The monoisotopic (exact) mass is 421 g/mol. The minimum atomic E-state index is -0.245. The van der Waals surface area contributed by atoms with E-state index in [0.29, 0.717) is 22.5 Å². The van der Waals surface area contributed by atoms with Gasteiger partial charge in [0.1, 0.15) is 11.6 Å². The van der Waals surface area contributed by atoms with E-state index >= 15 is 0 Å². The first-order valence-corrected chi connectivity index (χ1v) is 10.2. The van der Waals surface area contributed by atoms with Crippen molar-refractivity contribution < 1.29 is 9.53 Å². The molecule has 6 nitrogen and oxygen atoms in total. The number of anilines is 1. The number of ether oxygens (including phenoxy) is 1. The Labute approximate surface area is 183 Å². The summed E-state index contributed by atoms with van der Waals surface area (Å²) in [4.78, 5) is 31.9. The van der Waals surface area contributed by atoms with Crippen molar-refractivity contribution in [1.29, 1.82) is 0 Å². The molecule has 6 heteroatoms. The lowest BCUT2D eigenvalue weighted by Crippen LogP contribution is -2.20. The van der Waals surface area contributed by atoms with Gasteiger partial charge in [0.05, 0.1) is 10.9 Å². The summed E-state index contributed by atoms with van der Waals surface area (Å²) in [5, 5.41) is 5.57. The lowest BCUT2D eigenvalue weighted by atomic mass is 10.1. The maximum atomic E-state index is 12.3. The van der Waals surface area contributed by atoms with Gasteiger partial charge in [0.2, 0.25) is 0 Å². The van der Waals surface area contributed by atoms with Crippen molar-refractivity contribution in [2.24, 2.45) is 0 Å². The van der Waals surface area contributed by atoms with E-state index in [1.807, 2.05) is 48.5 Å². The standard InChI is InChI=1S/C26H19N3O3/c30-24(27-20-12-9-17-5-1-2-6-19(17)15-20)16-32-21-13-10-18(11-14-21)25-28-23-8-4-3-7-22(23)26(31)29-25/h1-15H,16H2,(H,27,30)(H,28,29,31). The molecule has 0 radical (unpaired) electrons. The first-order chi connectivity index (χ1) is 15.7. The van der Waals surface area contributed by atoms with Crippen LogP contribution in [0.4, 0.5) is 5.69 Å². The Balaban J connectivity index is 1.24. The molecule has 1 aromatic heterocycles. The van der Waals surface area contributed by atoms with Gasteiger partial charge in [-0.1, -0.05) is 42.5 Å². The average Bonchev–Trinajstić information content (AvgIpc) is 2.83. The van der Waals surface area contributed by atoms with Gasteiger partial charge in [0, 0.05) is 11.3 Å². The molecule has 0 saturated heterocycles. The van der Waals surface area contributed by atoms with Crippen molar-refractivity contribution in [3.05, 3.63) is 101 Å². The Morgan fingerprint density at radius 1 is 0.875 bits per heavy atom. The van der Waals surface area contributed by atoms with E-state index in [0.717, 1.165) is 22.0 Å². The molecule has 0 bridgehead atoms. The number of rotatable bonds is 5. The molecule has 1 amide bonds. The predicted molar refractivity (Wildman–Crippen MR) is 126 cm³/mol. The average molecular weight is 421 g/mol. The number of fused-ring (bicyclic) bond motifs is 2. The SMILES string of the molecule is O=C(COc1ccc(-c2nc3ccccc3c(=O)[nH]2)cc1)Nc1ccc2ccccc2c1. The van der Waals surface area contributed by atoms with Crippen LogP contribution in [-0.4, -0.2) is 22.5 Å². The van der Waals surface area contributed by atoms with E-state index in [2.05, 4.69) is 15.3 Å². The fourth-order valence-corrected chi connectivity index (χ4v) is 3.55. The van der Waals surface area contributed by atoms with Crippen LogP contribution in [-0.2, 0) is 4.79 Å². The summed E-state index contributed by atoms with van der Waals surface area (Å²) < 4.78 is 5.61. The number of benzene rings is 4. The van der Waals surface area contributed by atoms with Crippen LogP contribution in [0.15, 0.2) is 95.8 Å². The number of hydrogen-bond donors (Lipinski definition) is 2. The topological polar surface area (TPSA) is 84.1 Å². The van der Waals surface area contributed by atoms with Gasteiger partial charge < -0.3 is 15.0 Å². The van der Waals surface area contributed by atoms with Crippen LogP contribution in [0.1, 0.15) is 0 Å². The minimum absolute atomic E-state index is 0.114. The number of nitrogens with zero attached hydrogens (tertiary/aromatic N) is 1. The van der Waals surface area contributed by atoms with Gasteiger partial charge in [-0.3, -0.25) is 9.59 Å². The van der Waals surface area contributed by atoms with Crippen molar-refractivity contribution in [2.45, 2.75) is 0 Å². The second-order valence-corrected chi connectivity index (χ2v) is 7.35.